The minimum absolute atomic E-state index is 0.0328. The predicted octanol–water partition coefficient (Wildman–Crippen LogP) is 3.59. The number of halogens is 1. The maximum absolute atomic E-state index is 12.6. The number of carbonyl (C=O) groups is 1. The van der Waals surface area contributed by atoms with Crippen molar-refractivity contribution in [3.8, 4) is 0 Å². The number of aryl methyl sites for hydroxylation is 2. The molecule has 0 saturated heterocycles. The van der Waals surface area contributed by atoms with Gasteiger partial charge in [0.05, 0.1) is 17.7 Å². The van der Waals surface area contributed by atoms with E-state index in [2.05, 4.69) is 21.6 Å². The zero-order valence-corrected chi connectivity index (χ0v) is 13.8. The van der Waals surface area contributed by atoms with Crippen LogP contribution in [0.15, 0.2) is 18.2 Å². The van der Waals surface area contributed by atoms with Crippen LogP contribution in [0.4, 0.5) is 0 Å². The fraction of sp³-hybridized carbons (Fsp3) is 0.412. The van der Waals surface area contributed by atoms with Gasteiger partial charge in [-0.3, -0.25) is 9.89 Å². The Morgan fingerprint density at radius 3 is 2.91 bits per heavy atom. The van der Waals surface area contributed by atoms with Crippen molar-refractivity contribution in [3.63, 3.8) is 0 Å². The molecule has 1 aromatic carbocycles. The van der Waals surface area contributed by atoms with E-state index in [0.29, 0.717) is 0 Å². The highest BCUT2D eigenvalue weighted by Crippen LogP contribution is 2.36. The third-order valence-corrected chi connectivity index (χ3v) is 4.90. The summed E-state index contributed by atoms with van der Waals surface area (Å²) in [6, 6.07) is 5.96. The number of nitrogens with zero attached hydrogens (tertiary/aromatic N) is 1. The lowest BCUT2D eigenvalue weighted by Gasteiger charge is -2.18. The van der Waals surface area contributed by atoms with Gasteiger partial charge in [-0.1, -0.05) is 23.7 Å². The van der Waals surface area contributed by atoms with E-state index in [0.717, 1.165) is 45.9 Å². The highest BCUT2D eigenvalue weighted by molar-refractivity contribution is 6.31. The van der Waals surface area contributed by atoms with Crippen LogP contribution < -0.4 is 5.32 Å². The molecule has 0 fully saturated rings. The van der Waals surface area contributed by atoms with Crippen molar-refractivity contribution in [2.24, 2.45) is 0 Å². The summed E-state index contributed by atoms with van der Waals surface area (Å²) in [5.41, 5.74) is 5.14. The molecule has 3 rings (SSSR count). The molecule has 4 nitrogen and oxygen atoms in total. The molecule has 0 unspecified atom stereocenters. The summed E-state index contributed by atoms with van der Waals surface area (Å²) < 4.78 is 0. The Morgan fingerprint density at radius 2 is 2.23 bits per heavy atom. The van der Waals surface area contributed by atoms with E-state index in [1.165, 1.54) is 0 Å². The summed E-state index contributed by atoms with van der Waals surface area (Å²) in [6.45, 7) is 5.80. The van der Waals surface area contributed by atoms with Crippen molar-refractivity contribution < 1.29 is 4.79 Å². The van der Waals surface area contributed by atoms with Crippen LogP contribution in [0, 0.1) is 13.8 Å². The Bertz CT molecular complexity index is 703. The van der Waals surface area contributed by atoms with Gasteiger partial charge in [0.25, 0.3) is 0 Å². The van der Waals surface area contributed by atoms with Crippen LogP contribution in [0.3, 0.4) is 0 Å². The van der Waals surface area contributed by atoms with E-state index in [-0.39, 0.29) is 17.9 Å². The fourth-order valence-corrected chi connectivity index (χ4v) is 3.66. The van der Waals surface area contributed by atoms with E-state index in [9.17, 15) is 4.79 Å². The molecule has 116 valence electrons. The molecule has 22 heavy (non-hydrogen) atoms. The van der Waals surface area contributed by atoms with Gasteiger partial charge < -0.3 is 5.32 Å². The topological polar surface area (TPSA) is 57.8 Å². The number of aromatic nitrogens is 2. The number of aromatic amines is 1. The number of carbonyl (C=O) groups excluding carboxylic acids is 1. The minimum Gasteiger partial charge on any atom is -0.349 e. The maximum atomic E-state index is 12.6. The van der Waals surface area contributed by atoms with Crippen molar-refractivity contribution in [1.82, 2.24) is 15.5 Å². The lowest BCUT2D eigenvalue weighted by atomic mass is 9.97. The Kier molecular flexibility index (Phi) is 3.96. The largest absolute Gasteiger partial charge is 0.349 e. The van der Waals surface area contributed by atoms with Gasteiger partial charge >= 0.3 is 0 Å². The first kappa shape index (κ1) is 15.1. The van der Waals surface area contributed by atoms with Crippen LogP contribution in [-0.2, 0) is 11.2 Å². The molecule has 1 aliphatic carbocycles. The summed E-state index contributed by atoms with van der Waals surface area (Å²) >= 11 is 6.23. The number of hydrogen-bond acceptors (Lipinski definition) is 2. The van der Waals surface area contributed by atoms with Gasteiger partial charge in [0.2, 0.25) is 5.91 Å². The molecule has 1 amide bonds. The number of rotatable bonds is 3. The van der Waals surface area contributed by atoms with Crippen molar-refractivity contribution in [2.45, 2.75) is 45.6 Å². The Hall–Kier alpha value is -1.81. The molecule has 0 bridgehead atoms. The number of amides is 1. The van der Waals surface area contributed by atoms with Gasteiger partial charge in [0.15, 0.2) is 0 Å². The molecule has 0 spiro atoms. The molecule has 2 aromatic rings. The first-order valence-corrected chi connectivity index (χ1v) is 7.96. The van der Waals surface area contributed by atoms with Crippen LogP contribution in [0.5, 0.6) is 0 Å². The van der Waals surface area contributed by atoms with E-state index < -0.39 is 0 Å². The second-order valence-electron chi connectivity index (χ2n) is 5.98. The third kappa shape index (κ3) is 2.52. The minimum atomic E-state index is -0.220. The molecule has 2 atom stereocenters. The number of benzene rings is 1. The zero-order valence-electron chi connectivity index (χ0n) is 13.0. The molecule has 0 saturated carbocycles. The van der Waals surface area contributed by atoms with Gasteiger partial charge in [0, 0.05) is 16.3 Å². The molecule has 2 N–H and O–H groups in total. The van der Waals surface area contributed by atoms with Crippen LogP contribution in [0.2, 0.25) is 5.02 Å². The predicted molar refractivity (Wildman–Crippen MR) is 87.1 cm³/mol. The first-order valence-electron chi connectivity index (χ1n) is 7.58. The van der Waals surface area contributed by atoms with Crippen molar-refractivity contribution in [2.75, 3.05) is 0 Å². The number of fused-ring (bicyclic) bond motifs is 1. The lowest BCUT2D eigenvalue weighted by molar-refractivity contribution is -0.123. The van der Waals surface area contributed by atoms with Crippen molar-refractivity contribution in [1.29, 1.82) is 0 Å². The number of nitrogens with one attached hydrogen (secondary N) is 2. The molecule has 1 aliphatic rings. The monoisotopic (exact) mass is 317 g/mol. The number of hydrogen-bond donors (Lipinski definition) is 2. The average molecular weight is 318 g/mol. The summed E-state index contributed by atoms with van der Waals surface area (Å²) in [7, 11) is 0. The third-order valence-electron chi connectivity index (χ3n) is 4.54. The van der Waals surface area contributed by atoms with Gasteiger partial charge in [-0.25, -0.2) is 0 Å². The summed E-state index contributed by atoms with van der Waals surface area (Å²) in [4.78, 5) is 12.6. The van der Waals surface area contributed by atoms with Crippen LogP contribution in [-0.4, -0.2) is 16.1 Å². The van der Waals surface area contributed by atoms with E-state index in [1.54, 1.807) is 0 Å². The van der Waals surface area contributed by atoms with Crippen LogP contribution in [0.25, 0.3) is 0 Å². The lowest BCUT2D eigenvalue weighted by Crippen LogP contribution is -2.31. The van der Waals surface area contributed by atoms with Gasteiger partial charge in [-0.2, -0.15) is 5.10 Å². The van der Waals surface area contributed by atoms with Crippen LogP contribution >= 0.6 is 11.6 Å². The Labute approximate surface area is 135 Å². The second-order valence-corrected chi connectivity index (χ2v) is 6.38. The summed E-state index contributed by atoms with van der Waals surface area (Å²) in [5, 5.41) is 11.1. The first-order chi connectivity index (χ1) is 10.5. The van der Waals surface area contributed by atoms with E-state index in [4.69, 9.17) is 11.6 Å². The van der Waals surface area contributed by atoms with Crippen molar-refractivity contribution >= 4 is 17.5 Å². The molecular weight excluding hydrogens is 298 g/mol. The highest BCUT2D eigenvalue weighted by atomic mass is 35.5. The molecule has 1 heterocycles. The normalized spacial score (nSPS) is 18.1. The molecule has 0 radical (unpaired) electrons. The molecular formula is C17H20ClN3O. The number of H-pyrrole nitrogens is 1. The van der Waals surface area contributed by atoms with Gasteiger partial charge in [0.1, 0.15) is 0 Å². The van der Waals surface area contributed by atoms with E-state index >= 15 is 0 Å². The Morgan fingerprint density at radius 1 is 1.45 bits per heavy atom. The molecule has 5 heteroatoms. The SMILES string of the molecule is Cc1n[nH]c(C)c1[C@H](C)C(=O)N[C@H]1CCc2c(Cl)cccc21. The molecule has 1 aromatic heterocycles. The standard InChI is InChI=1S/C17H20ClN3O/c1-9(16-10(2)20-21-11(16)3)17(22)19-15-8-7-12-13(15)5-4-6-14(12)18/h4-6,9,15H,7-8H2,1-3H3,(H,19,22)(H,20,21)/t9-,15-/m0/s1. The summed E-state index contributed by atoms with van der Waals surface area (Å²) in [5.74, 6) is -0.188. The maximum Gasteiger partial charge on any atom is 0.227 e. The highest BCUT2D eigenvalue weighted by Gasteiger charge is 2.28. The average Bonchev–Trinajstić information content (AvgIpc) is 3.04. The van der Waals surface area contributed by atoms with Gasteiger partial charge in [-0.05, 0) is 50.8 Å². The zero-order chi connectivity index (χ0) is 15.9. The fourth-order valence-electron chi connectivity index (χ4n) is 3.39. The van der Waals surface area contributed by atoms with E-state index in [1.807, 2.05) is 32.9 Å². The van der Waals surface area contributed by atoms with Crippen LogP contribution in [0.1, 0.15) is 53.4 Å². The van der Waals surface area contributed by atoms with Gasteiger partial charge in [-0.15, -0.1) is 0 Å². The van der Waals surface area contributed by atoms with Crippen molar-refractivity contribution in [3.05, 3.63) is 51.3 Å². The Balaban J connectivity index is 1.78. The summed E-state index contributed by atoms with van der Waals surface area (Å²) in [6.07, 6.45) is 1.82. The smallest absolute Gasteiger partial charge is 0.227 e. The quantitative estimate of drug-likeness (QED) is 0.909. The second kappa shape index (κ2) is 5.76. The molecule has 0 aliphatic heterocycles.